The van der Waals surface area contributed by atoms with Gasteiger partial charge in [0, 0.05) is 38.1 Å². The topological polar surface area (TPSA) is 67.9 Å². The number of rotatable bonds is 9. The lowest BCUT2D eigenvalue weighted by Gasteiger charge is -2.26. The van der Waals surface area contributed by atoms with Crippen LogP contribution in [0, 0.1) is 0 Å². The van der Waals surface area contributed by atoms with E-state index in [4.69, 9.17) is 9.47 Å². The average Bonchev–Trinajstić information content (AvgIpc) is 3.13. The van der Waals surface area contributed by atoms with Crippen molar-refractivity contribution in [2.24, 2.45) is 0 Å². The van der Waals surface area contributed by atoms with Gasteiger partial charge in [-0.3, -0.25) is 9.59 Å². The monoisotopic (exact) mass is 362 g/mol. The van der Waals surface area contributed by atoms with Gasteiger partial charge in [0.25, 0.3) is 0 Å². The summed E-state index contributed by atoms with van der Waals surface area (Å²) in [5, 5.41) is 2.78. The molecule has 26 heavy (non-hydrogen) atoms. The number of amides is 2. The van der Waals surface area contributed by atoms with E-state index in [0.29, 0.717) is 13.0 Å². The molecule has 1 fully saturated rings. The van der Waals surface area contributed by atoms with Crippen molar-refractivity contribution < 1.29 is 19.1 Å². The number of benzene rings is 1. The Hall–Kier alpha value is -2.24. The van der Waals surface area contributed by atoms with E-state index < -0.39 is 0 Å². The molecule has 1 heterocycles. The van der Waals surface area contributed by atoms with Crippen LogP contribution in [0.5, 0.6) is 11.5 Å². The minimum atomic E-state index is -0.00516. The molecule has 0 saturated carbocycles. The van der Waals surface area contributed by atoms with Crippen LogP contribution in [-0.2, 0) is 9.59 Å². The Morgan fingerprint density at radius 2 is 2.00 bits per heavy atom. The SMILES string of the molecule is COc1ccc(C2CCCN2C(=O)CCCCCNC(C)=O)c(OC)c1. The van der Waals surface area contributed by atoms with Crippen molar-refractivity contribution >= 4 is 11.8 Å². The molecule has 1 saturated heterocycles. The number of unbranched alkanes of at least 4 members (excludes halogenated alkanes) is 2. The molecule has 1 aliphatic rings. The van der Waals surface area contributed by atoms with Crippen molar-refractivity contribution in [1.82, 2.24) is 10.2 Å². The van der Waals surface area contributed by atoms with Gasteiger partial charge in [0.05, 0.1) is 20.3 Å². The van der Waals surface area contributed by atoms with Crippen LogP contribution in [0.4, 0.5) is 0 Å². The van der Waals surface area contributed by atoms with Gasteiger partial charge in [-0.1, -0.05) is 6.42 Å². The fourth-order valence-electron chi connectivity index (χ4n) is 3.47. The average molecular weight is 362 g/mol. The summed E-state index contributed by atoms with van der Waals surface area (Å²) in [7, 11) is 3.28. The number of nitrogens with zero attached hydrogens (tertiary/aromatic N) is 1. The zero-order valence-corrected chi connectivity index (χ0v) is 16.0. The van der Waals surface area contributed by atoms with Gasteiger partial charge in [0.1, 0.15) is 11.5 Å². The summed E-state index contributed by atoms with van der Waals surface area (Å²) in [5.74, 6) is 1.71. The third-order valence-electron chi connectivity index (χ3n) is 4.81. The first kappa shape index (κ1) is 20.1. The quantitative estimate of drug-likeness (QED) is 0.686. The minimum Gasteiger partial charge on any atom is -0.497 e. The molecule has 0 aromatic heterocycles. The molecule has 6 heteroatoms. The number of hydrogen-bond donors (Lipinski definition) is 1. The highest BCUT2D eigenvalue weighted by Gasteiger charge is 2.31. The summed E-state index contributed by atoms with van der Waals surface area (Å²) in [6.07, 6.45) is 5.21. The molecule has 2 rings (SSSR count). The zero-order valence-electron chi connectivity index (χ0n) is 16.0. The van der Waals surface area contributed by atoms with Crippen LogP contribution < -0.4 is 14.8 Å². The van der Waals surface area contributed by atoms with Crippen LogP contribution in [0.1, 0.15) is 57.1 Å². The predicted molar refractivity (Wildman–Crippen MR) is 100 cm³/mol. The number of carbonyl (C=O) groups is 2. The molecule has 0 radical (unpaired) electrons. The minimum absolute atomic E-state index is 0.00516. The van der Waals surface area contributed by atoms with Crippen LogP contribution in [-0.4, -0.2) is 44.0 Å². The molecular formula is C20H30N2O4. The van der Waals surface area contributed by atoms with Gasteiger partial charge in [-0.05, 0) is 37.8 Å². The maximum atomic E-state index is 12.7. The maximum absolute atomic E-state index is 12.7. The molecule has 1 aromatic rings. The first-order valence-corrected chi connectivity index (χ1v) is 9.32. The van der Waals surface area contributed by atoms with Crippen LogP contribution in [0.25, 0.3) is 0 Å². The molecule has 0 bridgehead atoms. The van der Waals surface area contributed by atoms with Gasteiger partial charge in [-0.25, -0.2) is 0 Å². The molecule has 1 aliphatic heterocycles. The molecule has 0 aliphatic carbocycles. The predicted octanol–water partition coefficient (Wildman–Crippen LogP) is 3.06. The van der Waals surface area contributed by atoms with E-state index in [-0.39, 0.29) is 17.9 Å². The van der Waals surface area contributed by atoms with Crippen molar-refractivity contribution in [3.63, 3.8) is 0 Å². The molecule has 1 aromatic carbocycles. The Morgan fingerprint density at radius 1 is 1.19 bits per heavy atom. The van der Waals surface area contributed by atoms with Gasteiger partial charge in [0.15, 0.2) is 0 Å². The number of methoxy groups -OCH3 is 2. The van der Waals surface area contributed by atoms with Crippen molar-refractivity contribution in [3.8, 4) is 11.5 Å². The Balaban J connectivity index is 1.91. The van der Waals surface area contributed by atoms with E-state index in [9.17, 15) is 9.59 Å². The van der Waals surface area contributed by atoms with E-state index in [1.807, 2.05) is 23.1 Å². The first-order valence-electron chi connectivity index (χ1n) is 9.32. The number of nitrogens with one attached hydrogen (secondary N) is 1. The molecule has 1 atom stereocenters. The molecule has 0 spiro atoms. The summed E-state index contributed by atoms with van der Waals surface area (Å²) in [5.41, 5.74) is 1.05. The number of hydrogen-bond acceptors (Lipinski definition) is 4. The third kappa shape index (κ3) is 5.38. The van der Waals surface area contributed by atoms with Crippen LogP contribution in [0.3, 0.4) is 0 Å². The number of carbonyl (C=O) groups excluding carboxylic acids is 2. The van der Waals surface area contributed by atoms with E-state index >= 15 is 0 Å². The molecule has 6 nitrogen and oxygen atoms in total. The smallest absolute Gasteiger partial charge is 0.223 e. The zero-order chi connectivity index (χ0) is 18.9. The molecular weight excluding hydrogens is 332 g/mol. The number of likely N-dealkylation sites (tertiary alicyclic amines) is 1. The summed E-state index contributed by atoms with van der Waals surface area (Å²) >= 11 is 0. The van der Waals surface area contributed by atoms with E-state index in [2.05, 4.69) is 5.32 Å². The van der Waals surface area contributed by atoms with Crippen LogP contribution in [0.15, 0.2) is 18.2 Å². The summed E-state index contributed by atoms with van der Waals surface area (Å²) in [6.45, 7) is 2.99. The van der Waals surface area contributed by atoms with E-state index in [1.54, 1.807) is 14.2 Å². The third-order valence-corrected chi connectivity index (χ3v) is 4.81. The van der Waals surface area contributed by atoms with Gasteiger partial charge < -0.3 is 19.7 Å². The second kappa shape index (κ2) is 10.0. The van der Waals surface area contributed by atoms with E-state index in [0.717, 1.165) is 55.7 Å². The van der Waals surface area contributed by atoms with Crippen molar-refractivity contribution in [1.29, 1.82) is 0 Å². The van der Waals surface area contributed by atoms with Gasteiger partial charge >= 0.3 is 0 Å². The normalized spacial score (nSPS) is 16.4. The lowest BCUT2D eigenvalue weighted by Crippen LogP contribution is -2.30. The lowest BCUT2D eigenvalue weighted by molar-refractivity contribution is -0.132. The number of ether oxygens (including phenoxy) is 2. The summed E-state index contributed by atoms with van der Waals surface area (Å²) < 4.78 is 10.8. The van der Waals surface area contributed by atoms with Crippen molar-refractivity contribution in [2.75, 3.05) is 27.3 Å². The maximum Gasteiger partial charge on any atom is 0.223 e. The van der Waals surface area contributed by atoms with Crippen LogP contribution in [0.2, 0.25) is 0 Å². The fraction of sp³-hybridized carbons (Fsp3) is 0.600. The largest absolute Gasteiger partial charge is 0.497 e. The van der Waals surface area contributed by atoms with Gasteiger partial charge in [-0.2, -0.15) is 0 Å². The Morgan fingerprint density at radius 3 is 2.69 bits per heavy atom. The molecule has 1 unspecified atom stereocenters. The Labute approximate surface area is 155 Å². The Bertz CT molecular complexity index is 618. The highest BCUT2D eigenvalue weighted by Crippen LogP contribution is 2.39. The second-order valence-electron chi connectivity index (χ2n) is 6.65. The van der Waals surface area contributed by atoms with Crippen molar-refractivity contribution in [3.05, 3.63) is 23.8 Å². The highest BCUT2D eigenvalue weighted by atomic mass is 16.5. The van der Waals surface area contributed by atoms with Gasteiger partial charge in [-0.15, -0.1) is 0 Å². The first-order chi connectivity index (χ1) is 12.6. The van der Waals surface area contributed by atoms with Crippen molar-refractivity contribution in [2.45, 2.75) is 51.5 Å². The summed E-state index contributed by atoms with van der Waals surface area (Å²) in [6, 6.07) is 5.86. The van der Waals surface area contributed by atoms with Crippen LogP contribution >= 0.6 is 0 Å². The summed E-state index contributed by atoms with van der Waals surface area (Å²) in [4.78, 5) is 25.5. The van der Waals surface area contributed by atoms with Gasteiger partial charge in [0.2, 0.25) is 11.8 Å². The molecule has 144 valence electrons. The van der Waals surface area contributed by atoms with E-state index in [1.165, 1.54) is 6.92 Å². The Kier molecular flexibility index (Phi) is 7.75. The lowest BCUT2D eigenvalue weighted by atomic mass is 10.0. The standard InChI is InChI=1S/C20H30N2O4/c1-15(23)21-12-6-4-5-9-20(24)22-13-7-8-18(22)17-11-10-16(25-2)14-19(17)26-3/h10-11,14,18H,4-9,12-13H2,1-3H3,(H,21,23). The highest BCUT2D eigenvalue weighted by molar-refractivity contribution is 5.77. The molecule has 1 N–H and O–H groups in total. The fourth-order valence-corrected chi connectivity index (χ4v) is 3.47. The molecule has 2 amide bonds. The second-order valence-corrected chi connectivity index (χ2v) is 6.65.